The summed E-state index contributed by atoms with van der Waals surface area (Å²) in [6, 6.07) is 8.41. The van der Waals surface area contributed by atoms with Crippen molar-refractivity contribution in [2.75, 3.05) is 13.1 Å². The highest BCUT2D eigenvalue weighted by Gasteiger charge is 2.25. The summed E-state index contributed by atoms with van der Waals surface area (Å²) in [4.78, 5) is 19.8. The van der Waals surface area contributed by atoms with Crippen molar-refractivity contribution in [1.82, 2.24) is 9.88 Å². The molecule has 5 rings (SSSR count). The number of aromatic amines is 1. The van der Waals surface area contributed by atoms with Gasteiger partial charge in [-0.05, 0) is 49.3 Å². The molecule has 3 heterocycles. The standard InChI is InChI=1S/C22H22N2OS/c25-22(19-14-26-21-8-4-2-6-17(19)21)24-11-9-15(10-12-24)18-13-23-20-7-3-1-5-16(18)20/h1,3,5,7,9,13-14,23H,2,4,6,8,10-12H2. The van der Waals surface area contributed by atoms with Crippen molar-refractivity contribution in [3.8, 4) is 0 Å². The van der Waals surface area contributed by atoms with Crippen molar-refractivity contribution in [3.05, 3.63) is 63.5 Å². The van der Waals surface area contributed by atoms with Gasteiger partial charge in [-0.3, -0.25) is 4.79 Å². The van der Waals surface area contributed by atoms with Gasteiger partial charge in [0.2, 0.25) is 0 Å². The van der Waals surface area contributed by atoms with Gasteiger partial charge in [0.15, 0.2) is 0 Å². The van der Waals surface area contributed by atoms with Gasteiger partial charge in [0.05, 0.1) is 5.56 Å². The number of thiophene rings is 1. The molecule has 2 aliphatic rings. The Kier molecular flexibility index (Phi) is 3.93. The first-order valence-corrected chi connectivity index (χ1v) is 10.3. The van der Waals surface area contributed by atoms with Gasteiger partial charge in [0, 0.05) is 46.0 Å². The van der Waals surface area contributed by atoms with E-state index in [0.717, 1.165) is 31.4 Å². The van der Waals surface area contributed by atoms with E-state index in [4.69, 9.17) is 0 Å². The molecule has 1 aliphatic heterocycles. The van der Waals surface area contributed by atoms with Crippen molar-refractivity contribution in [1.29, 1.82) is 0 Å². The lowest BCUT2D eigenvalue weighted by molar-refractivity contribution is 0.0772. The molecule has 132 valence electrons. The molecule has 0 saturated heterocycles. The number of nitrogens with one attached hydrogen (secondary N) is 1. The molecule has 0 bridgehead atoms. The van der Waals surface area contributed by atoms with Crippen molar-refractivity contribution in [2.24, 2.45) is 0 Å². The molecule has 0 saturated carbocycles. The number of aromatic nitrogens is 1. The van der Waals surface area contributed by atoms with E-state index in [1.165, 1.54) is 45.3 Å². The summed E-state index contributed by atoms with van der Waals surface area (Å²) in [6.45, 7) is 1.51. The number of nitrogens with zero attached hydrogens (tertiary/aromatic N) is 1. The summed E-state index contributed by atoms with van der Waals surface area (Å²) >= 11 is 1.78. The van der Waals surface area contributed by atoms with Crippen molar-refractivity contribution in [3.63, 3.8) is 0 Å². The number of aryl methyl sites for hydroxylation is 1. The first-order valence-electron chi connectivity index (χ1n) is 9.45. The van der Waals surface area contributed by atoms with E-state index in [1.807, 2.05) is 4.90 Å². The molecule has 0 radical (unpaired) electrons. The lowest BCUT2D eigenvalue weighted by Gasteiger charge is -2.27. The number of carbonyl (C=O) groups excluding carboxylic acids is 1. The number of carbonyl (C=O) groups is 1. The average Bonchev–Trinajstić information content (AvgIpc) is 3.32. The van der Waals surface area contributed by atoms with Gasteiger partial charge in [-0.15, -0.1) is 11.3 Å². The zero-order valence-electron chi connectivity index (χ0n) is 14.8. The third kappa shape index (κ3) is 2.60. The quantitative estimate of drug-likeness (QED) is 0.681. The van der Waals surface area contributed by atoms with E-state index in [-0.39, 0.29) is 5.91 Å². The normalized spacial score (nSPS) is 17.2. The van der Waals surface area contributed by atoms with E-state index in [1.54, 1.807) is 11.3 Å². The van der Waals surface area contributed by atoms with Crippen LogP contribution in [0.15, 0.2) is 41.9 Å². The number of hydrogen-bond acceptors (Lipinski definition) is 2. The molecule has 3 nitrogen and oxygen atoms in total. The van der Waals surface area contributed by atoms with Gasteiger partial charge < -0.3 is 9.88 Å². The highest BCUT2D eigenvalue weighted by Crippen LogP contribution is 2.33. The Morgan fingerprint density at radius 1 is 1.12 bits per heavy atom. The molecule has 0 unspecified atom stereocenters. The second-order valence-corrected chi connectivity index (χ2v) is 8.20. The lowest BCUT2D eigenvalue weighted by atomic mass is 9.94. The maximum Gasteiger partial charge on any atom is 0.255 e. The monoisotopic (exact) mass is 362 g/mol. The highest BCUT2D eigenvalue weighted by atomic mass is 32.1. The molecule has 1 amide bonds. The fourth-order valence-electron chi connectivity index (χ4n) is 4.28. The molecule has 1 aromatic carbocycles. The first-order chi connectivity index (χ1) is 12.8. The fraction of sp³-hybridized carbons (Fsp3) is 0.318. The van der Waals surface area contributed by atoms with Crippen molar-refractivity contribution in [2.45, 2.75) is 32.1 Å². The van der Waals surface area contributed by atoms with E-state index in [2.05, 4.69) is 46.9 Å². The minimum absolute atomic E-state index is 0.221. The Labute approximate surface area is 157 Å². The van der Waals surface area contributed by atoms with E-state index in [9.17, 15) is 4.79 Å². The molecular formula is C22H22N2OS. The predicted molar refractivity (Wildman–Crippen MR) is 108 cm³/mol. The topological polar surface area (TPSA) is 36.1 Å². The van der Waals surface area contributed by atoms with Gasteiger partial charge >= 0.3 is 0 Å². The minimum atomic E-state index is 0.221. The van der Waals surface area contributed by atoms with Gasteiger partial charge in [-0.1, -0.05) is 24.3 Å². The predicted octanol–water partition coefficient (Wildman–Crippen LogP) is 5.04. The van der Waals surface area contributed by atoms with Crippen LogP contribution in [0.3, 0.4) is 0 Å². The Morgan fingerprint density at radius 3 is 2.88 bits per heavy atom. The zero-order valence-corrected chi connectivity index (χ0v) is 15.6. The van der Waals surface area contributed by atoms with E-state index >= 15 is 0 Å². The van der Waals surface area contributed by atoms with Crippen LogP contribution < -0.4 is 0 Å². The molecule has 0 spiro atoms. The van der Waals surface area contributed by atoms with Gasteiger partial charge in [0.25, 0.3) is 5.91 Å². The Hall–Kier alpha value is -2.33. The molecule has 3 aromatic rings. The van der Waals surface area contributed by atoms with Crippen LogP contribution in [-0.2, 0) is 12.8 Å². The fourth-order valence-corrected chi connectivity index (χ4v) is 5.40. The summed E-state index contributed by atoms with van der Waals surface area (Å²) in [5, 5.41) is 3.36. The molecule has 0 atom stereocenters. The third-order valence-corrected chi connectivity index (χ3v) is 6.81. The third-order valence-electron chi connectivity index (χ3n) is 5.72. The van der Waals surface area contributed by atoms with Crippen LogP contribution in [-0.4, -0.2) is 28.9 Å². The SMILES string of the molecule is O=C(c1csc2c1CCCC2)N1CC=C(c2c[nH]c3ccccc23)CC1. The van der Waals surface area contributed by atoms with Crippen LogP contribution in [0.4, 0.5) is 0 Å². The van der Waals surface area contributed by atoms with Crippen LogP contribution in [0.2, 0.25) is 0 Å². The summed E-state index contributed by atoms with van der Waals surface area (Å²) in [7, 11) is 0. The number of benzene rings is 1. The number of fused-ring (bicyclic) bond motifs is 2. The largest absolute Gasteiger partial charge is 0.361 e. The Balaban J connectivity index is 1.38. The summed E-state index contributed by atoms with van der Waals surface area (Å²) in [6.07, 6.45) is 9.96. The van der Waals surface area contributed by atoms with Crippen LogP contribution >= 0.6 is 11.3 Å². The second-order valence-electron chi connectivity index (χ2n) is 7.24. The maximum atomic E-state index is 13.0. The maximum absolute atomic E-state index is 13.0. The highest BCUT2D eigenvalue weighted by molar-refractivity contribution is 7.10. The molecular weight excluding hydrogens is 340 g/mol. The number of H-pyrrole nitrogens is 1. The van der Waals surface area contributed by atoms with Crippen LogP contribution in [0.25, 0.3) is 16.5 Å². The van der Waals surface area contributed by atoms with Crippen LogP contribution in [0.1, 0.15) is 45.6 Å². The smallest absolute Gasteiger partial charge is 0.255 e. The summed E-state index contributed by atoms with van der Waals surface area (Å²) in [5.74, 6) is 0.221. The van der Waals surface area contributed by atoms with Crippen LogP contribution in [0.5, 0.6) is 0 Å². The minimum Gasteiger partial charge on any atom is -0.361 e. The summed E-state index contributed by atoms with van der Waals surface area (Å²) in [5.41, 5.74) is 6.09. The second kappa shape index (κ2) is 6.44. The number of rotatable bonds is 2. The molecule has 1 aliphatic carbocycles. The Morgan fingerprint density at radius 2 is 2.00 bits per heavy atom. The lowest BCUT2D eigenvalue weighted by Crippen LogP contribution is -2.35. The van der Waals surface area contributed by atoms with Crippen molar-refractivity contribution >= 4 is 33.7 Å². The number of hydrogen-bond donors (Lipinski definition) is 1. The zero-order chi connectivity index (χ0) is 17.5. The molecule has 26 heavy (non-hydrogen) atoms. The van der Waals surface area contributed by atoms with E-state index in [0.29, 0.717) is 6.54 Å². The summed E-state index contributed by atoms with van der Waals surface area (Å²) < 4.78 is 0. The van der Waals surface area contributed by atoms with Gasteiger partial charge in [0.1, 0.15) is 0 Å². The molecule has 2 aromatic heterocycles. The van der Waals surface area contributed by atoms with Crippen LogP contribution in [0, 0.1) is 0 Å². The van der Waals surface area contributed by atoms with Crippen molar-refractivity contribution < 1.29 is 4.79 Å². The Bertz CT molecular complexity index is 1010. The average molecular weight is 362 g/mol. The number of para-hydroxylation sites is 1. The molecule has 4 heteroatoms. The van der Waals surface area contributed by atoms with Gasteiger partial charge in [-0.2, -0.15) is 0 Å². The molecule has 0 fully saturated rings. The van der Waals surface area contributed by atoms with Gasteiger partial charge in [-0.25, -0.2) is 0 Å². The first kappa shape index (κ1) is 15.9. The molecule has 1 N–H and O–H groups in total. The van der Waals surface area contributed by atoms with E-state index < -0.39 is 0 Å². The number of amides is 1.